The van der Waals surface area contributed by atoms with Gasteiger partial charge in [-0.2, -0.15) is 0 Å². The molecule has 1 rings (SSSR count). The first-order valence-corrected chi connectivity index (χ1v) is 7.22. The molecule has 1 aromatic rings. The number of oxime groups is 1. The van der Waals surface area contributed by atoms with Gasteiger partial charge in [-0.3, -0.25) is 0 Å². The molecule has 0 saturated heterocycles. The highest BCUT2D eigenvalue weighted by atomic mass is 32.2. The van der Waals surface area contributed by atoms with E-state index in [0.29, 0.717) is 11.3 Å². The van der Waals surface area contributed by atoms with E-state index in [2.05, 4.69) is 5.16 Å². The Hall–Kier alpha value is -1.76. The third kappa shape index (κ3) is 3.92. The Kier molecular flexibility index (Phi) is 4.96. The second-order valence-corrected chi connectivity index (χ2v) is 6.04. The third-order valence-electron chi connectivity index (χ3n) is 2.36. The fraction of sp³-hybridized carbons (Fsp3) is 0.364. The van der Waals surface area contributed by atoms with Crippen molar-refractivity contribution in [1.82, 2.24) is 0 Å². The highest BCUT2D eigenvalue weighted by Crippen LogP contribution is 2.17. The molecule has 0 heterocycles. The zero-order valence-electron chi connectivity index (χ0n) is 10.0. The standard InChI is InChI=1S/C11H16N2O4S/c1-2-18(15,16)8-7-17-10-6-4-3-5-9(10)11(12)13-14/h3-6,14H,2,7-8H2,1H3,(H2,12,13). The molecular formula is C11H16N2O4S. The summed E-state index contributed by atoms with van der Waals surface area (Å²) in [5.74, 6) is 0.328. The summed E-state index contributed by atoms with van der Waals surface area (Å²) in [6.07, 6.45) is 0. The molecule has 0 bridgehead atoms. The number of amidine groups is 1. The largest absolute Gasteiger partial charge is 0.492 e. The summed E-state index contributed by atoms with van der Waals surface area (Å²) in [6, 6.07) is 6.69. The van der Waals surface area contributed by atoms with Gasteiger partial charge in [0.05, 0.1) is 11.3 Å². The van der Waals surface area contributed by atoms with Crippen LogP contribution in [0.2, 0.25) is 0 Å². The van der Waals surface area contributed by atoms with Gasteiger partial charge in [-0.15, -0.1) is 0 Å². The molecule has 1 aromatic carbocycles. The Morgan fingerprint density at radius 2 is 2.11 bits per heavy atom. The first kappa shape index (κ1) is 14.3. The van der Waals surface area contributed by atoms with Crippen molar-refractivity contribution in [3.63, 3.8) is 0 Å². The van der Waals surface area contributed by atoms with Crippen molar-refractivity contribution >= 4 is 15.7 Å². The van der Waals surface area contributed by atoms with Crippen LogP contribution in [0.5, 0.6) is 5.75 Å². The molecular weight excluding hydrogens is 256 g/mol. The summed E-state index contributed by atoms with van der Waals surface area (Å²) in [6.45, 7) is 1.62. The minimum atomic E-state index is -3.06. The third-order valence-corrected chi connectivity index (χ3v) is 4.03. The lowest BCUT2D eigenvalue weighted by Crippen LogP contribution is -2.18. The average molecular weight is 272 g/mol. The fourth-order valence-corrected chi connectivity index (χ4v) is 1.91. The van der Waals surface area contributed by atoms with Crippen molar-refractivity contribution < 1.29 is 18.4 Å². The number of ether oxygens (including phenoxy) is 1. The van der Waals surface area contributed by atoms with Gasteiger partial charge in [0, 0.05) is 5.75 Å². The maximum atomic E-state index is 11.3. The lowest BCUT2D eigenvalue weighted by molar-refractivity contribution is 0.317. The molecule has 6 nitrogen and oxygen atoms in total. The Bertz CT molecular complexity index is 526. The zero-order valence-corrected chi connectivity index (χ0v) is 10.9. The van der Waals surface area contributed by atoms with Crippen LogP contribution in [-0.4, -0.2) is 37.6 Å². The Balaban J connectivity index is 2.74. The van der Waals surface area contributed by atoms with Crippen LogP contribution in [0.4, 0.5) is 0 Å². The van der Waals surface area contributed by atoms with Crippen LogP contribution in [0.3, 0.4) is 0 Å². The van der Waals surface area contributed by atoms with Gasteiger partial charge in [-0.25, -0.2) is 8.42 Å². The van der Waals surface area contributed by atoms with Gasteiger partial charge in [-0.05, 0) is 12.1 Å². The topological polar surface area (TPSA) is 102 Å². The Morgan fingerprint density at radius 1 is 1.44 bits per heavy atom. The molecule has 0 amide bonds. The van der Waals surface area contributed by atoms with Crippen LogP contribution in [0.25, 0.3) is 0 Å². The maximum Gasteiger partial charge on any atom is 0.173 e. The lowest BCUT2D eigenvalue weighted by atomic mass is 10.2. The van der Waals surface area contributed by atoms with E-state index in [4.69, 9.17) is 15.7 Å². The molecule has 0 aliphatic carbocycles. The molecule has 0 unspecified atom stereocenters. The van der Waals surface area contributed by atoms with Gasteiger partial charge in [-0.1, -0.05) is 24.2 Å². The second kappa shape index (κ2) is 6.25. The molecule has 0 saturated carbocycles. The summed E-state index contributed by atoms with van der Waals surface area (Å²) in [4.78, 5) is 0. The van der Waals surface area contributed by atoms with E-state index in [9.17, 15) is 8.42 Å². The number of sulfone groups is 1. The van der Waals surface area contributed by atoms with Crippen molar-refractivity contribution in [1.29, 1.82) is 0 Å². The molecule has 3 N–H and O–H groups in total. The summed E-state index contributed by atoms with van der Waals surface area (Å²) in [5, 5.41) is 11.5. The second-order valence-electron chi connectivity index (χ2n) is 3.57. The predicted molar refractivity (Wildman–Crippen MR) is 68.8 cm³/mol. The van der Waals surface area contributed by atoms with E-state index in [0.717, 1.165) is 0 Å². The number of nitrogens with zero attached hydrogens (tertiary/aromatic N) is 1. The molecule has 7 heteroatoms. The summed E-state index contributed by atoms with van der Waals surface area (Å²) >= 11 is 0. The molecule has 0 spiro atoms. The number of para-hydroxylation sites is 1. The van der Waals surface area contributed by atoms with Crippen molar-refractivity contribution in [2.24, 2.45) is 10.9 Å². The predicted octanol–water partition coefficient (Wildman–Crippen LogP) is 0.595. The molecule has 18 heavy (non-hydrogen) atoms. The van der Waals surface area contributed by atoms with Crippen LogP contribution in [0.1, 0.15) is 12.5 Å². The smallest absolute Gasteiger partial charge is 0.173 e. The SMILES string of the molecule is CCS(=O)(=O)CCOc1ccccc1/C(N)=N/O. The lowest BCUT2D eigenvalue weighted by Gasteiger charge is -2.10. The molecule has 0 fully saturated rings. The molecule has 0 aliphatic rings. The van der Waals surface area contributed by atoms with E-state index in [1.54, 1.807) is 31.2 Å². The molecule has 100 valence electrons. The molecule has 0 aromatic heterocycles. The van der Waals surface area contributed by atoms with Crippen molar-refractivity contribution in [2.75, 3.05) is 18.1 Å². The van der Waals surface area contributed by atoms with Gasteiger partial charge in [0.15, 0.2) is 15.7 Å². The van der Waals surface area contributed by atoms with E-state index in [1.165, 1.54) is 0 Å². The summed E-state index contributed by atoms with van der Waals surface area (Å²) < 4.78 is 27.9. The van der Waals surface area contributed by atoms with Gasteiger partial charge < -0.3 is 15.7 Å². The first-order valence-electron chi connectivity index (χ1n) is 5.40. The van der Waals surface area contributed by atoms with Crippen molar-refractivity contribution in [3.05, 3.63) is 29.8 Å². The summed E-state index contributed by atoms with van der Waals surface area (Å²) in [7, 11) is -3.06. The monoisotopic (exact) mass is 272 g/mol. The van der Waals surface area contributed by atoms with Gasteiger partial charge in [0.2, 0.25) is 0 Å². The normalized spacial score (nSPS) is 12.4. The number of nitrogens with two attached hydrogens (primary N) is 1. The van der Waals surface area contributed by atoms with E-state index in [-0.39, 0.29) is 23.9 Å². The molecule has 0 aliphatic heterocycles. The Morgan fingerprint density at radius 3 is 2.72 bits per heavy atom. The molecule has 0 radical (unpaired) electrons. The molecule has 0 atom stereocenters. The Labute approximate surface area is 106 Å². The number of hydrogen-bond donors (Lipinski definition) is 2. The van der Waals surface area contributed by atoms with Crippen molar-refractivity contribution in [2.45, 2.75) is 6.92 Å². The van der Waals surface area contributed by atoms with Crippen molar-refractivity contribution in [3.8, 4) is 5.75 Å². The highest BCUT2D eigenvalue weighted by molar-refractivity contribution is 7.91. The average Bonchev–Trinajstić information content (AvgIpc) is 2.38. The van der Waals surface area contributed by atoms with Crippen LogP contribution in [0, 0.1) is 0 Å². The van der Waals surface area contributed by atoms with Crippen LogP contribution in [-0.2, 0) is 9.84 Å². The van der Waals surface area contributed by atoms with Crippen LogP contribution >= 0.6 is 0 Å². The maximum absolute atomic E-state index is 11.3. The van der Waals surface area contributed by atoms with E-state index >= 15 is 0 Å². The van der Waals surface area contributed by atoms with Crippen LogP contribution in [0.15, 0.2) is 29.4 Å². The van der Waals surface area contributed by atoms with E-state index in [1.807, 2.05) is 0 Å². The summed E-state index contributed by atoms with van der Waals surface area (Å²) in [5.41, 5.74) is 5.91. The minimum absolute atomic E-state index is 0.0336. The minimum Gasteiger partial charge on any atom is -0.492 e. The number of benzene rings is 1. The van der Waals surface area contributed by atoms with Gasteiger partial charge in [0.25, 0.3) is 0 Å². The zero-order chi connectivity index (χ0) is 13.6. The number of rotatable bonds is 6. The van der Waals surface area contributed by atoms with Crippen LogP contribution < -0.4 is 10.5 Å². The van der Waals surface area contributed by atoms with Gasteiger partial charge in [0.1, 0.15) is 12.4 Å². The number of hydrogen-bond acceptors (Lipinski definition) is 5. The quantitative estimate of drug-likeness (QED) is 0.341. The fourth-order valence-electron chi connectivity index (χ4n) is 1.28. The first-order chi connectivity index (χ1) is 8.50. The van der Waals surface area contributed by atoms with E-state index < -0.39 is 9.84 Å². The van der Waals surface area contributed by atoms with Gasteiger partial charge >= 0.3 is 0 Å². The highest BCUT2D eigenvalue weighted by Gasteiger charge is 2.10.